The van der Waals surface area contributed by atoms with E-state index in [1.54, 1.807) is 0 Å². The summed E-state index contributed by atoms with van der Waals surface area (Å²) in [6.45, 7) is 0. The fourth-order valence-electron chi connectivity index (χ4n) is 1.23. The summed E-state index contributed by atoms with van der Waals surface area (Å²) in [6, 6.07) is 5.23. The van der Waals surface area contributed by atoms with Gasteiger partial charge in [0.15, 0.2) is 11.5 Å². The molecule has 0 fully saturated rings. The minimum atomic E-state index is -1.08. The van der Waals surface area contributed by atoms with Crippen molar-refractivity contribution in [3.63, 3.8) is 0 Å². The Bertz CT molecular complexity index is 436. The lowest BCUT2D eigenvalue weighted by atomic mass is 10.1. The molecule has 84 valence electrons. The maximum absolute atomic E-state index is 10.8. The molecule has 1 atom stereocenters. The number of terminal acetylenes is 1. The largest absolute Gasteiger partial charge is 0.504 e. The predicted octanol–water partition coefficient (Wildman–Crippen LogP) is 0.274. The van der Waals surface area contributed by atoms with Crippen molar-refractivity contribution >= 4 is 5.97 Å². The molecule has 0 bridgehead atoms. The summed E-state index contributed by atoms with van der Waals surface area (Å²) in [5.41, 5.74) is 0.561. The minimum Gasteiger partial charge on any atom is -0.504 e. The van der Waals surface area contributed by atoms with Crippen molar-refractivity contribution < 1.29 is 20.1 Å². The number of benzene rings is 1. The molecule has 4 N–H and O–H groups in total. The number of carbonyl (C=O) groups is 1. The highest BCUT2D eigenvalue weighted by molar-refractivity contribution is 5.74. The molecule has 0 radical (unpaired) electrons. The maximum atomic E-state index is 10.8. The molecule has 0 aliphatic rings. The number of carboxylic acid groups (broad SMARTS) is 1. The second kappa shape index (κ2) is 4.94. The first-order chi connectivity index (χ1) is 7.54. The number of nitrogens with one attached hydrogen (secondary N) is 1. The Labute approximate surface area is 92.3 Å². The van der Waals surface area contributed by atoms with Crippen molar-refractivity contribution in [2.24, 2.45) is 0 Å². The fraction of sp³-hybridized carbons (Fsp3) is 0.182. The number of aromatic hydroxyl groups is 2. The first kappa shape index (κ1) is 11.7. The van der Waals surface area contributed by atoms with Crippen molar-refractivity contribution in [1.29, 1.82) is 0 Å². The Hall–Kier alpha value is -2.35. The summed E-state index contributed by atoms with van der Waals surface area (Å²) >= 11 is 0. The van der Waals surface area contributed by atoms with Gasteiger partial charge >= 0.3 is 5.97 Å². The van der Waals surface area contributed by atoms with Gasteiger partial charge in [-0.25, -0.2) is 4.79 Å². The van der Waals surface area contributed by atoms with E-state index in [0.29, 0.717) is 5.56 Å². The Morgan fingerprint density at radius 1 is 1.44 bits per heavy atom. The highest BCUT2D eigenvalue weighted by Gasteiger charge is 2.16. The zero-order chi connectivity index (χ0) is 12.1. The van der Waals surface area contributed by atoms with E-state index in [0.717, 1.165) is 0 Å². The van der Waals surface area contributed by atoms with Crippen molar-refractivity contribution in [3.05, 3.63) is 23.8 Å². The van der Waals surface area contributed by atoms with Crippen LogP contribution in [0.4, 0.5) is 0 Å². The van der Waals surface area contributed by atoms with Crippen LogP contribution in [0.3, 0.4) is 0 Å². The third kappa shape index (κ3) is 2.82. The van der Waals surface area contributed by atoms with E-state index in [1.807, 2.05) is 0 Å². The Morgan fingerprint density at radius 2 is 2.12 bits per heavy atom. The average molecular weight is 221 g/mol. The van der Waals surface area contributed by atoms with Crippen LogP contribution in [-0.4, -0.2) is 27.3 Å². The second-order valence-corrected chi connectivity index (χ2v) is 3.21. The minimum absolute atomic E-state index is 0.118. The van der Waals surface area contributed by atoms with Gasteiger partial charge in [-0.15, -0.1) is 0 Å². The average Bonchev–Trinajstić information content (AvgIpc) is 2.22. The zero-order valence-corrected chi connectivity index (χ0v) is 8.34. The molecular formula is C11H11NO4. The summed E-state index contributed by atoms with van der Waals surface area (Å²) in [6.07, 6.45) is 5.08. The first-order valence-corrected chi connectivity index (χ1v) is 4.49. The number of phenolic OH excluding ortho intramolecular Hbond substituents is 2. The van der Waals surface area contributed by atoms with Gasteiger partial charge in [-0.05, 0) is 17.7 Å². The molecule has 1 unspecified atom stereocenters. The van der Waals surface area contributed by atoms with Gasteiger partial charge in [0, 0.05) is 12.5 Å². The van der Waals surface area contributed by atoms with Crippen LogP contribution in [0.15, 0.2) is 18.2 Å². The molecule has 1 rings (SSSR count). The van der Waals surface area contributed by atoms with Crippen LogP contribution < -0.4 is 5.32 Å². The molecular weight excluding hydrogens is 210 g/mol. The van der Waals surface area contributed by atoms with Gasteiger partial charge in [-0.1, -0.05) is 12.5 Å². The Balaban J connectivity index is 2.82. The van der Waals surface area contributed by atoms with E-state index in [-0.39, 0.29) is 17.9 Å². The highest BCUT2D eigenvalue weighted by Crippen LogP contribution is 2.25. The second-order valence-electron chi connectivity index (χ2n) is 3.21. The van der Waals surface area contributed by atoms with Gasteiger partial charge in [-0.3, -0.25) is 0 Å². The summed E-state index contributed by atoms with van der Waals surface area (Å²) in [5.74, 6) is -1.62. The van der Waals surface area contributed by atoms with Crippen LogP contribution in [0.1, 0.15) is 5.56 Å². The van der Waals surface area contributed by atoms with Crippen molar-refractivity contribution in [2.75, 3.05) is 0 Å². The molecule has 0 aromatic heterocycles. The van der Waals surface area contributed by atoms with Crippen LogP contribution in [0.25, 0.3) is 0 Å². The molecule has 1 aromatic rings. The summed E-state index contributed by atoms with van der Waals surface area (Å²) in [7, 11) is 0. The van der Waals surface area contributed by atoms with Gasteiger partial charge in [0.1, 0.15) is 6.04 Å². The molecule has 16 heavy (non-hydrogen) atoms. The summed E-state index contributed by atoms with van der Waals surface area (Å²) in [4.78, 5) is 10.8. The van der Waals surface area contributed by atoms with Gasteiger partial charge in [0.2, 0.25) is 0 Å². The lowest BCUT2D eigenvalue weighted by molar-refractivity contribution is -0.139. The lowest BCUT2D eigenvalue weighted by Crippen LogP contribution is -2.35. The standard InChI is InChI=1S/C11H11NO4/c1-2-12-8(11(15)16)5-7-3-4-9(13)10(14)6-7/h1,3-4,6,8,12-14H,5H2,(H,15,16). The topological polar surface area (TPSA) is 89.8 Å². The number of phenols is 2. The zero-order valence-electron chi connectivity index (χ0n) is 8.34. The van der Waals surface area contributed by atoms with Gasteiger partial charge in [0.05, 0.1) is 0 Å². The number of hydrogen-bond donors (Lipinski definition) is 4. The van der Waals surface area contributed by atoms with E-state index >= 15 is 0 Å². The van der Waals surface area contributed by atoms with Crippen molar-refractivity contribution in [1.82, 2.24) is 5.32 Å². The van der Waals surface area contributed by atoms with E-state index in [4.69, 9.17) is 16.6 Å². The van der Waals surface area contributed by atoms with Crippen LogP contribution in [-0.2, 0) is 11.2 Å². The van der Waals surface area contributed by atoms with Crippen molar-refractivity contribution in [2.45, 2.75) is 12.5 Å². The van der Waals surface area contributed by atoms with Crippen LogP contribution >= 0.6 is 0 Å². The Morgan fingerprint density at radius 3 is 2.62 bits per heavy atom. The molecule has 0 aliphatic carbocycles. The van der Waals surface area contributed by atoms with E-state index in [1.165, 1.54) is 18.2 Å². The van der Waals surface area contributed by atoms with Gasteiger partial charge in [0.25, 0.3) is 0 Å². The number of carboxylic acids is 1. The molecule has 0 saturated carbocycles. The molecule has 5 nitrogen and oxygen atoms in total. The molecule has 1 aromatic carbocycles. The molecule has 0 aliphatic heterocycles. The molecule has 5 heteroatoms. The maximum Gasteiger partial charge on any atom is 0.327 e. The van der Waals surface area contributed by atoms with Crippen LogP contribution in [0.2, 0.25) is 0 Å². The smallest absolute Gasteiger partial charge is 0.327 e. The fourth-order valence-corrected chi connectivity index (χ4v) is 1.23. The first-order valence-electron chi connectivity index (χ1n) is 4.49. The Kier molecular flexibility index (Phi) is 3.62. The highest BCUT2D eigenvalue weighted by atomic mass is 16.4. The van der Waals surface area contributed by atoms with Crippen LogP contribution in [0.5, 0.6) is 11.5 Å². The number of hydrogen-bond acceptors (Lipinski definition) is 4. The van der Waals surface area contributed by atoms with Crippen molar-refractivity contribution in [3.8, 4) is 24.0 Å². The molecule has 0 saturated heterocycles. The monoisotopic (exact) mass is 221 g/mol. The van der Waals surface area contributed by atoms with Gasteiger partial charge < -0.3 is 20.6 Å². The molecule has 0 heterocycles. The van der Waals surface area contributed by atoms with Crippen LogP contribution in [0, 0.1) is 12.5 Å². The quantitative estimate of drug-likeness (QED) is 0.333. The summed E-state index contributed by atoms with van der Waals surface area (Å²) < 4.78 is 0. The SMILES string of the molecule is C#CNC(Cc1ccc(O)c(O)c1)C(=O)O. The normalized spacial score (nSPS) is 11.4. The third-order valence-corrected chi connectivity index (χ3v) is 2.04. The molecule has 0 amide bonds. The van der Waals surface area contributed by atoms with E-state index in [9.17, 15) is 9.90 Å². The number of rotatable bonds is 4. The lowest BCUT2D eigenvalue weighted by Gasteiger charge is -2.11. The van der Waals surface area contributed by atoms with Gasteiger partial charge in [-0.2, -0.15) is 0 Å². The van der Waals surface area contributed by atoms with E-state index in [2.05, 4.69) is 11.4 Å². The molecule has 0 spiro atoms. The predicted molar refractivity (Wildman–Crippen MR) is 56.9 cm³/mol. The third-order valence-electron chi connectivity index (χ3n) is 2.04. The summed E-state index contributed by atoms with van der Waals surface area (Å²) in [5, 5.41) is 29.5. The number of aliphatic carboxylic acids is 1. The van der Waals surface area contributed by atoms with E-state index < -0.39 is 12.0 Å².